The van der Waals surface area contributed by atoms with E-state index in [-0.39, 0.29) is 36.8 Å². The number of hydrogen-bond donors (Lipinski definition) is 1. The van der Waals surface area contributed by atoms with Crippen molar-refractivity contribution in [2.45, 2.75) is 24.3 Å². The lowest BCUT2D eigenvalue weighted by atomic mass is 10.1. The van der Waals surface area contributed by atoms with E-state index in [1.165, 1.54) is 0 Å². The Morgan fingerprint density at radius 3 is 2.57 bits per heavy atom. The lowest BCUT2D eigenvalue weighted by molar-refractivity contribution is -0.124. The number of aromatic nitrogens is 4. The van der Waals surface area contributed by atoms with Gasteiger partial charge >= 0.3 is 0 Å². The molecule has 2 saturated heterocycles. The first kappa shape index (κ1) is 18.7. The number of carbonyl (C=O) groups is 1. The third kappa shape index (κ3) is 3.64. The van der Waals surface area contributed by atoms with Crippen LogP contribution in [-0.2, 0) is 14.3 Å². The Hall–Kier alpha value is -3.30. The van der Waals surface area contributed by atoms with Gasteiger partial charge in [-0.2, -0.15) is 0 Å². The maximum Gasteiger partial charge on any atom is 0.258 e. The molecular weight excluding hydrogens is 386 g/mol. The van der Waals surface area contributed by atoms with Crippen molar-refractivity contribution in [2.75, 3.05) is 19.8 Å². The Morgan fingerprint density at radius 2 is 1.77 bits per heavy atom. The number of ether oxygens (including phenoxy) is 3. The fraction of sp³-hybridized carbons (Fsp3) is 0.333. The molecule has 9 heteroatoms. The fourth-order valence-corrected chi connectivity index (χ4v) is 3.92. The van der Waals surface area contributed by atoms with Gasteiger partial charge in [-0.25, -0.2) is 4.68 Å². The van der Waals surface area contributed by atoms with Crippen LogP contribution in [-0.4, -0.2) is 64.2 Å². The van der Waals surface area contributed by atoms with E-state index in [9.17, 15) is 4.79 Å². The van der Waals surface area contributed by atoms with Gasteiger partial charge in [0.05, 0.1) is 19.3 Å². The molecule has 2 aromatic carbocycles. The molecule has 2 fully saturated rings. The number of amides is 1. The van der Waals surface area contributed by atoms with E-state index in [2.05, 4.69) is 20.8 Å². The molecule has 0 unspecified atom stereocenters. The van der Waals surface area contributed by atoms with Crippen molar-refractivity contribution in [3.8, 4) is 17.1 Å². The highest BCUT2D eigenvalue weighted by molar-refractivity contribution is 5.78. The summed E-state index contributed by atoms with van der Waals surface area (Å²) >= 11 is 0. The second-order valence-electron chi connectivity index (χ2n) is 7.25. The second kappa shape index (κ2) is 8.21. The number of nitrogens with zero attached hydrogens (tertiary/aromatic N) is 4. The molecule has 0 aliphatic carbocycles. The number of rotatable bonds is 6. The SMILES string of the molecule is O=C(COc1ccccc1)N[C@H]1CO[C@H]2[C@H]1OC[C@H]2n1nnnc1-c1ccccc1. The fourth-order valence-electron chi connectivity index (χ4n) is 3.92. The molecule has 2 aliphatic heterocycles. The van der Waals surface area contributed by atoms with Gasteiger partial charge in [0.25, 0.3) is 5.91 Å². The van der Waals surface area contributed by atoms with Crippen LogP contribution in [0.4, 0.5) is 0 Å². The Bertz CT molecular complexity index is 997. The number of tetrazole rings is 1. The normalized spacial score (nSPS) is 25.1. The van der Waals surface area contributed by atoms with E-state index in [4.69, 9.17) is 14.2 Å². The summed E-state index contributed by atoms with van der Waals surface area (Å²) in [5.41, 5.74) is 0.923. The second-order valence-corrected chi connectivity index (χ2v) is 7.25. The van der Waals surface area contributed by atoms with Gasteiger partial charge in [-0.05, 0) is 22.6 Å². The number of hydrogen-bond acceptors (Lipinski definition) is 7. The largest absolute Gasteiger partial charge is 0.484 e. The van der Waals surface area contributed by atoms with Crippen molar-refractivity contribution < 1.29 is 19.0 Å². The van der Waals surface area contributed by atoms with Gasteiger partial charge in [0.15, 0.2) is 12.4 Å². The zero-order valence-electron chi connectivity index (χ0n) is 16.1. The van der Waals surface area contributed by atoms with E-state index >= 15 is 0 Å². The van der Waals surface area contributed by atoms with Crippen LogP contribution in [0.15, 0.2) is 60.7 Å². The molecular formula is C21H21N5O4. The smallest absolute Gasteiger partial charge is 0.258 e. The van der Waals surface area contributed by atoms with Crippen LogP contribution in [0.3, 0.4) is 0 Å². The molecule has 3 heterocycles. The molecule has 1 N–H and O–H groups in total. The van der Waals surface area contributed by atoms with Gasteiger partial charge in [0.2, 0.25) is 0 Å². The monoisotopic (exact) mass is 407 g/mol. The Kier molecular flexibility index (Phi) is 5.12. The highest BCUT2D eigenvalue weighted by atomic mass is 16.6. The number of benzene rings is 2. The van der Waals surface area contributed by atoms with Gasteiger partial charge in [0.1, 0.15) is 24.0 Å². The van der Waals surface area contributed by atoms with Gasteiger partial charge in [-0.15, -0.1) is 5.10 Å². The van der Waals surface area contributed by atoms with Crippen LogP contribution in [0.25, 0.3) is 11.4 Å². The van der Waals surface area contributed by atoms with Gasteiger partial charge in [-0.1, -0.05) is 48.5 Å². The maximum atomic E-state index is 12.3. The molecule has 9 nitrogen and oxygen atoms in total. The average molecular weight is 407 g/mol. The molecule has 0 radical (unpaired) electrons. The summed E-state index contributed by atoms with van der Waals surface area (Å²) in [7, 11) is 0. The number of fused-ring (bicyclic) bond motifs is 1. The molecule has 4 atom stereocenters. The summed E-state index contributed by atoms with van der Waals surface area (Å²) in [6.45, 7) is 0.714. The summed E-state index contributed by atoms with van der Waals surface area (Å²) < 4.78 is 19.2. The quantitative estimate of drug-likeness (QED) is 0.656. The minimum atomic E-state index is -0.261. The molecule has 5 rings (SSSR count). The predicted molar refractivity (Wildman–Crippen MR) is 106 cm³/mol. The van der Waals surface area contributed by atoms with E-state index < -0.39 is 0 Å². The number of carbonyl (C=O) groups excluding carboxylic acids is 1. The zero-order chi connectivity index (χ0) is 20.3. The minimum Gasteiger partial charge on any atom is -0.484 e. The minimum absolute atomic E-state index is 0.0630. The molecule has 1 aromatic heterocycles. The molecule has 0 saturated carbocycles. The standard InChI is InChI=1S/C21H21N5O4/c27-18(13-28-15-9-5-2-6-10-15)22-16-11-29-20-17(12-30-19(16)20)26-21(23-24-25-26)14-7-3-1-4-8-14/h1-10,16-17,19-20H,11-13H2,(H,22,27)/t16-,17+,19-,20+/m0/s1. The van der Waals surface area contributed by atoms with Crippen molar-refractivity contribution in [1.29, 1.82) is 0 Å². The van der Waals surface area contributed by atoms with Gasteiger partial charge in [0, 0.05) is 5.56 Å². The van der Waals surface area contributed by atoms with Crippen molar-refractivity contribution in [3.05, 3.63) is 60.7 Å². The van der Waals surface area contributed by atoms with Crippen molar-refractivity contribution in [2.24, 2.45) is 0 Å². The topological polar surface area (TPSA) is 100 Å². The molecule has 0 bridgehead atoms. The third-order valence-electron chi connectivity index (χ3n) is 5.33. The third-order valence-corrected chi connectivity index (χ3v) is 5.33. The van der Waals surface area contributed by atoms with Gasteiger partial charge < -0.3 is 19.5 Å². The highest BCUT2D eigenvalue weighted by Gasteiger charge is 2.50. The molecule has 154 valence electrons. The lowest BCUT2D eigenvalue weighted by Gasteiger charge is -2.18. The first-order valence-corrected chi connectivity index (χ1v) is 9.83. The van der Waals surface area contributed by atoms with Crippen molar-refractivity contribution in [1.82, 2.24) is 25.5 Å². The Morgan fingerprint density at radius 1 is 1.03 bits per heavy atom. The Balaban J connectivity index is 1.23. The van der Waals surface area contributed by atoms with Crippen molar-refractivity contribution in [3.63, 3.8) is 0 Å². The number of para-hydroxylation sites is 1. The van der Waals surface area contributed by atoms with Crippen LogP contribution >= 0.6 is 0 Å². The molecule has 2 aliphatic rings. The van der Waals surface area contributed by atoms with Crippen LogP contribution in [0.2, 0.25) is 0 Å². The van der Waals surface area contributed by atoms with E-state index in [0.29, 0.717) is 24.8 Å². The molecule has 1 amide bonds. The van der Waals surface area contributed by atoms with Crippen LogP contribution in [0.5, 0.6) is 5.75 Å². The Labute approximate surface area is 172 Å². The maximum absolute atomic E-state index is 12.3. The van der Waals surface area contributed by atoms with Crippen molar-refractivity contribution >= 4 is 5.91 Å². The summed E-state index contributed by atoms with van der Waals surface area (Å²) in [6, 6.07) is 18.6. The van der Waals surface area contributed by atoms with E-state index in [1.54, 1.807) is 4.68 Å². The average Bonchev–Trinajstić information content (AvgIpc) is 3.51. The predicted octanol–water partition coefficient (Wildman–Crippen LogP) is 1.24. The molecule has 0 spiro atoms. The molecule has 3 aromatic rings. The summed E-state index contributed by atoms with van der Waals surface area (Å²) in [5.74, 6) is 1.10. The summed E-state index contributed by atoms with van der Waals surface area (Å²) in [6.07, 6.45) is -0.500. The molecule has 30 heavy (non-hydrogen) atoms. The summed E-state index contributed by atoms with van der Waals surface area (Å²) in [4.78, 5) is 12.3. The van der Waals surface area contributed by atoms with Crippen LogP contribution in [0.1, 0.15) is 6.04 Å². The van der Waals surface area contributed by atoms with Gasteiger partial charge in [-0.3, -0.25) is 4.79 Å². The lowest BCUT2D eigenvalue weighted by Crippen LogP contribution is -2.45. The number of nitrogens with one attached hydrogen (secondary N) is 1. The zero-order valence-corrected chi connectivity index (χ0v) is 16.1. The first-order chi connectivity index (χ1) is 14.8. The highest BCUT2D eigenvalue weighted by Crippen LogP contribution is 2.35. The van der Waals surface area contributed by atoms with Crippen LogP contribution < -0.4 is 10.1 Å². The van der Waals surface area contributed by atoms with E-state index in [0.717, 1.165) is 5.56 Å². The first-order valence-electron chi connectivity index (χ1n) is 9.83. The summed E-state index contributed by atoms with van der Waals surface area (Å²) in [5, 5.41) is 15.1. The van der Waals surface area contributed by atoms with Crippen LogP contribution in [0, 0.1) is 0 Å². The van der Waals surface area contributed by atoms with E-state index in [1.807, 2.05) is 60.7 Å².